The first-order valence-electron chi connectivity index (χ1n) is 11.5. The molecular formula is C27H31Cl2NO3. The van der Waals surface area contributed by atoms with Gasteiger partial charge in [-0.05, 0) is 67.5 Å². The monoisotopic (exact) mass is 487 g/mol. The molecule has 1 atom stereocenters. The number of hydrogen-bond donors (Lipinski definition) is 1. The highest BCUT2D eigenvalue weighted by molar-refractivity contribution is 6.31. The van der Waals surface area contributed by atoms with E-state index < -0.39 is 5.97 Å². The summed E-state index contributed by atoms with van der Waals surface area (Å²) in [5.74, 6) is -1.10. The highest BCUT2D eigenvalue weighted by atomic mass is 35.5. The van der Waals surface area contributed by atoms with E-state index in [1.807, 2.05) is 44.3 Å². The molecule has 1 heterocycles. The number of carboxylic acids is 1. The molecule has 33 heavy (non-hydrogen) atoms. The number of aliphatic carboxylic acids is 1. The molecule has 0 aliphatic rings. The van der Waals surface area contributed by atoms with Gasteiger partial charge in [0.05, 0.1) is 0 Å². The van der Waals surface area contributed by atoms with Gasteiger partial charge >= 0.3 is 5.97 Å². The minimum atomic E-state index is -0.880. The number of carboxylic acid groups (broad SMARTS) is 1. The van der Waals surface area contributed by atoms with Gasteiger partial charge in [0.15, 0.2) is 5.78 Å². The van der Waals surface area contributed by atoms with E-state index in [0.717, 1.165) is 60.1 Å². The lowest BCUT2D eigenvalue weighted by Crippen LogP contribution is -2.12. The summed E-state index contributed by atoms with van der Waals surface area (Å²) in [4.78, 5) is 24.3. The number of halogens is 2. The molecule has 0 fully saturated rings. The molecule has 0 saturated carbocycles. The molecular weight excluding hydrogens is 457 g/mol. The molecule has 0 unspecified atom stereocenters. The summed E-state index contributed by atoms with van der Waals surface area (Å²) in [5, 5.41) is 11.3. The van der Waals surface area contributed by atoms with E-state index in [2.05, 4.69) is 16.7 Å². The lowest BCUT2D eigenvalue weighted by atomic mass is 9.94. The molecule has 0 bridgehead atoms. The van der Waals surface area contributed by atoms with Crippen molar-refractivity contribution >= 4 is 45.9 Å². The lowest BCUT2D eigenvalue weighted by molar-refractivity contribution is -0.137. The van der Waals surface area contributed by atoms with Crippen LogP contribution in [0.4, 0.5) is 0 Å². The van der Waals surface area contributed by atoms with Crippen LogP contribution in [0.3, 0.4) is 0 Å². The van der Waals surface area contributed by atoms with E-state index >= 15 is 0 Å². The molecule has 0 aliphatic heterocycles. The average Bonchev–Trinajstić information content (AvgIpc) is 3.02. The molecule has 0 aliphatic carbocycles. The van der Waals surface area contributed by atoms with Gasteiger partial charge in [-0.15, -0.1) is 0 Å². The zero-order chi connectivity index (χ0) is 24.0. The van der Waals surface area contributed by atoms with Crippen molar-refractivity contribution in [1.82, 2.24) is 4.57 Å². The van der Waals surface area contributed by atoms with Gasteiger partial charge in [-0.2, -0.15) is 0 Å². The Balaban J connectivity index is 1.67. The molecule has 1 aromatic heterocycles. The SMILES string of the molecule is C[C@H](CC(=O)O)CC(=O)c1c(CCCCCCc2ccc(Cl)cc2)n(C)c2ccc(Cl)cc12. The minimum Gasteiger partial charge on any atom is -0.481 e. The predicted octanol–water partition coefficient (Wildman–Crippen LogP) is 7.51. The van der Waals surface area contributed by atoms with Crippen molar-refractivity contribution in [2.45, 2.75) is 58.3 Å². The van der Waals surface area contributed by atoms with Crippen molar-refractivity contribution < 1.29 is 14.7 Å². The molecule has 0 saturated heterocycles. The van der Waals surface area contributed by atoms with Crippen molar-refractivity contribution in [3.63, 3.8) is 0 Å². The number of unbranched alkanes of at least 4 members (excludes halogenated alkanes) is 3. The average molecular weight is 488 g/mol. The number of rotatable bonds is 12. The number of aromatic nitrogens is 1. The Bertz CT molecular complexity index is 1120. The van der Waals surface area contributed by atoms with E-state index in [9.17, 15) is 9.59 Å². The van der Waals surface area contributed by atoms with Gasteiger partial charge in [0, 0.05) is 52.1 Å². The van der Waals surface area contributed by atoms with Crippen molar-refractivity contribution in [3.05, 3.63) is 69.3 Å². The van der Waals surface area contributed by atoms with E-state index in [-0.39, 0.29) is 24.5 Å². The Morgan fingerprint density at radius 1 is 0.909 bits per heavy atom. The fourth-order valence-corrected chi connectivity index (χ4v) is 4.79. The Labute approximate surface area is 205 Å². The van der Waals surface area contributed by atoms with Crippen LogP contribution in [-0.4, -0.2) is 21.4 Å². The summed E-state index contributed by atoms with van der Waals surface area (Å²) in [5.41, 5.74) is 3.99. The fraction of sp³-hybridized carbons (Fsp3) is 0.407. The Kier molecular flexibility index (Phi) is 8.99. The van der Waals surface area contributed by atoms with Crippen LogP contribution in [0.5, 0.6) is 0 Å². The zero-order valence-corrected chi connectivity index (χ0v) is 20.8. The van der Waals surface area contributed by atoms with Gasteiger partial charge < -0.3 is 9.67 Å². The summed E-state index contributed by atoms with van der Waals surface area (Å²) >= 11 is 12.2. The number of carbonyl (C=O) groups is 2. The topological polar surface area (TPSA) is 59.3 Å². The van der Waals surface area contributed by atoms with Crippen LogP contribution in [0.15, 0.2) is 42.5 Å². The maximum absolute atomic E-state index is 13.3. The van der Waals surface area contributed by atoms with Crippen molar-refractivity contribution in [2.24, 2.45) is 13.0 Å². The largest absolute Gasteiger partial charge is 0.481 e. The van der Waals surface area contributed by atoms with Crippen molar-refractivity contribution in [3.8, 4) is 0 Å². The minimum absolute atomic E-state index is 0.00523. The highest BCUT2D eigenvalue weighted by Crippen LogP contribution is 2.31. The maximum Gasteiger partial charge on any atom is 0.303 e. The normalized spacial score (nSPS) is 12.2. The second-order valence-electron chi connectivity index (χ2n) is 8.91. The first kappa shape index (κ1) is 25.3. The predicted molar refractivity (Wildman–Crippen MR) is 136 cm³/mol. The molecule has 3 aromatic rings. The van der Waals surface area contributed by atoms with Gasteiger partial charge in [0.1, 0.15) is 0 Å². The second-order valence-corrected chi connectivity index (χ2v) is 9.79. The van der Waals surface area contributed by atoms with E-state index in [4.69, 9.17) is 28.3 Å². The first-order valence-corrected chi connectivity index (χ1v) is 12.3. The van der Waals surface area contributed by atoms with Crippen LogP contribution in [0, 0.1) is 5.92 Å². The van der Waals surface area contributed by atoms with E-state index in [1.165, 1.54) is 5.56 Å². The number of Topliss-reactive ketones (excluding diaryl/α,β-unsaturated/α-hetero) is 1. The maximum atomic E-state index is 13.3. The number of hydrogen-bond acceptors (Lipinski definition) is 2. The van der Waals surface area contributed by atoms with Crippen LogP contribution in [-0.2, 0) is 24.7 Å². The first-order chi connectivity index (χ1) is 15.8. The van der Waals surface area contributed by atoms with E-state index in [1.54, 1.807) is 0 Å². The Hall–Kier alpha value is -2.30. The fourth-order valence-electron chi connectivity index (χ4n) is 4.49. The third kappa shape index (κ3) is 6.84. The summed E-state index contributed by atoms with van der Waals surface area (Å²) < 4.78 is 2.09. The Morgan fingerprint density at radius 2 is 1.55 bits per heavy atom. The summed E-state index contributed by atoms with van der Waals surface area (Å²) in [6.07, 6.45) is 6.35. The summed E-state index contributed by atoms with van der Waals surface area (Å²) in [6, 6.07) is 13.6. The second kappa shape index (κ2) is 11.7. The van der Waals surface area contributed by atoms with Gasteiger partial charge in [0.2, 0.25) is 0 Å². The summed E-state index contributed by atoms with van der Waals surface area (Å²) in [7, 11) is 1.99. The van der Waals surface area contributed by atoms with Gasteiger partial charge in [-0.1, -0.05) is 55.1 Å². The number of ketones is 1. The van der Waals surface area contributed by atoms with Crippen molar-refractivity contribution in [2.75, 3.05) is 0 Å². The molecule has 4 nitrogen and oxygen atoms in total. The molecule has 0 amide bonds. The zero-order valence-electron chi connectivity index (χ0n) is 19.2. The molecule has 176 valence electrons. The standard InChI is InChI=1S/C27H31Cl2NO3/c1-18(16-26(32)33)15-25(31)27-22-17-21(29)13-14-23(22)30(2)24(27)8-6-4-3-5-7-19-9-11-20(28)12-10-19/h9-14,17-18H,3-8,15-16H2,1-2H3,(H,32,33)/t18-/m0/s1. The molecule has 0 radical (unpaired) electrons. The van der Waals surface area contributed by atoms with Crippen LogP contribution < -0.4 is 0 Å². The molecule has 3 rings (SSSR count). The molecule has 0 spiro atoms. The van der Waals surface area contributed by atoms with Crippen LogP contribution in [0.25, 0.3) is 10.9 Å². The van der Waals surface area contributed by atoms with Gasteiger partial charge in [-0.25, -0.2) is 0 Å². The third-order valence-corrected chi connectivity index (χ3v) is 6.65. The smallest absolute Gasteiger partial charge is 0.303 e. The number of aryl methyl sites for hydroxylation is 2. The van der Waals surface area contributed by atoms with Crippen LogP contribution >= 0.6 is 23.2 Å². The van der Waals surface area contributed by atoms with Crippen LogP contribution in [0.1, 0.15) is 67.1 Å². The van der Waals surface area contributed by atoms with Crippen LogP contribution in [0.2, 0.25) is 10.0 Å². The summed E-state index contributed by atoms with van der Waals surface area (Å²) in [6.45, 7) is 1.81. The molecule has 1 N–H and O–H groups in total. The van der Waals surface area contributed by atoms with Gasteiger partial charge in [0.25, 0.3) is 0 Å². The number of carbonyl (C=O) groups excluding carboxylic acids is 1. The molecule has 2 aromatic carbocycles. The van der Waals surface area contributed by atoms with Gasteiger partial charge in [-0.3, -0.25) is 9.59 Å². The molecule has 6 heteroatoms. The van der Waals surface area contributed by atoms with Crippen molar-refractivity contribution in [1.29, 1.82) is 0 Å². The number of nitrogens with zero attached hydrogens (tertiary/aromatic N) is 1. The third-order valence-electron chi connectivity index (χ3n) is 6.16. The lowest BCUT2D eigenvalue weighted by Gasteiger charge is -2.11. The Morgan fingerprint density at radius 3 is 2.21 bits per heavy atom. The number of benzene rings is 2. The van der Waals surface area contributed by atoms with E-state index in [0.29, 0.717) is 10.6 Å². The number of fused-ring (bicyclic) bond motifs is 1. The highest BCUT2D eigenvalue weighted by Gasteiger charge is 2.23. The quantitative estimate of drug-likeness (QED) is 0.212.